The van der Waals surface area contributed by atoms with Gasteiger partial charge in [-0.3, -0.25) is 0 Å². The van der Waals surface area contributed by atoms with Gasteiger partial charge in [-0.15, -0.1) is 0 Å². The van der Waals surface area contributed by atoms with Crippen molar-refractivity contribution in [2.45, 2.75) is 77.2 Å². The zero-order chi connectivity index (χ0) is 20.0. The van der Waals surface area contributed by atoms with Crippen LogP contribution in [0.15, 0.2) is 48.6 Å². The molecule has 0 fully saturated rings. The second kappa shape index (κ2) is 20.7. The van der Waals surface area contributed by atoms with E-state index in [0.29, 0.717) is 0 Å². The molecule has 0 spiro atoms. The maximum absolute atomic E-state index is 11.3. The van der Waals surface area contributed by atoms with Crippen LogP contribution in [0.5, 0.6) is 0 Å². The van der Waals surface area contributed by atoms with Gasteiger partial charge in [-0.1, -0.05) is 101 Å². The molecule has 0 heterocycles. The first-order valence-corrected chi connectivity index (χ1v) is 10.3. The Labute approximate surface area is 165 Å². The molecule has 4 nitrogen and oxygen atoms in total. The lowest BCUT2D eigenvalue weighted by molar-refractivity contribution is -0.147. The van der Waals surface area contributed by atoms with Crippen molar-refractivity contribution < 1.29 is 19.7 Å². The monoisotopic (exact) mass is 378 g/mol. The van der Waals surface area contributed by atoms with Crippen molar-refractivity contribution in [1.82, 2.24) is 0 Å². The third-order valence-corrected chi connectivity index (χ3v) is 4.09. The van der Waals surface area contributed by atoms with Crippen molar-refractivity contribution in [1.29, 1.82) is 0 Å². The van der Waals surface area contributed by atoms with Gasteiger partial charge >= 0.3 is 5.97 Å². The summed E-state index contributed by atoms with van der Waals surface area (Å²) in [6.07, 6.45) is 26.9. The van der Waals surface area contributed by atoms with Gasteiger partial charge in [0.15, 0.2) is 0 Å². The second-order valence-electron chi connectivity index (χ2n) is 6.60. The van der Waals surface area contributed by atoms with Crippen LogP contribution in [0.3, 0.4) is 0 Å². The van der Waals surface area contributed by atoms with E-state index in [1.807, 2.05) is 24.3 Å². The van der Waals surface area contributed by atoms with Gasteiger partial charge in [-0.2, -0.15) is 0 Å². The Bertz CT molecular complexity index is 445. The third kappa shape index (κ3) is 18.9. The topological polar surface area (TPSA) is 66.8 Å². The smallest absolute Gasteiger partial charge is 0.331 e. The van der Waals surface area contributed by atoms with E-state index in [0.717, 1.165) is 6.42 Å². The molecule has 0 amide bonds. The Balaban J connectivity index is 3.60. The van der Waals surface area contributed by atoms with E-state index in [1.54, 1.807) is 12.2 Å². The third-order valence-electron chi connectivity index (χ3n) is 4.09. The predicted molar refractivity (Wildman–Crippen MR) is 112 cm³/mol. The number of carbonyl (C=O) groups excluding carboxylic acids is 1. The molecule has 0 aliphatic rings. The Kier molecular flexibility index (Phi) is 19.4. The summed E-state index contributed by atoms with van der Waals surface area (Å²) < 4.78 is 4.79. The van der Waals surface area contributed by atoms with Crippen LogP contribution in [-0.4, -0.2) is 35.5 Å². The average Bonchev–Trinajstić information content (AvgIpc) is 2.68. The summed E-state index contributed by atoms with van der Waals surface area (Å²) in [6, 6.07) is 0. The van der Waals surface area contributed by atoms with E-state index in [9.17, 15) is 4.79 Å². The van der Waals surface area contributed by atoms with E-state index in [1.165, 1.54) is 63.9 Å². The number of esters is 1. The minimum Gasteiger partial charge on any atom is -0.454 e. The number of rotatable bonds is 17. The van der Waals surface area contributed by atoms with Gasteiger partial charge in [-0.05, 0) is 12.8 Å². The molecule has 0 rings (SSSR count). The Morgan fingerprint density at radius 2 is 1.30 bits per heavy atom. The first-order valence-electron chi connectivity index (χ1n) is 10.3. The minimum atomic E-state index is -0.859. The zero-order valence-corrected chi connectivity index (χ0v) is 16.9. The van der Waals surface area contributed by atoms with Crippen LogP contribution in [0.2, 0.25) is 0 Å². The number of aliphatic hydroxyl groups is 2. The van der Waals surface area contributed by atoms with Crippen molar-refractivity contribution >= 4 is 5.97 Å². The van der Waals surface area contributed by atoms with E-state index >= 15 is 0 Å². The quantitative estimate of drug-likeness (QED) is 0.161. The van der Waals surface area contributed by atoms with E-state index in [2.05, 4.69) is 13.0 Å². The Morgan fingerprint density at radius 3 is 1.89 bits per heavy atom. The van der Waals surface area contributed by atoms with Gasteiger partial charge in [0.2, 0.25) is 0 Å². The van der Waals surface area contributed by atoms with Crippen LogP contribution in [0, 0.1) is 0 Å². The number of hydrogen-bond acceptors (Lipinski definition) is 4. The van der Waals surface area contributed by atoms with Crippen LogP contribution in [-0.2, 0) is 9.53 Å². The predicted octanol–water partition coefficient (Wildman–Crippen LogP) is 5.03. The lowest BCUT2D eigenvalue weighted by Gasteiger charge is -2.09. The summed E-state index contributed by atoms with van der Waals surface area (Å²) in [7, 11) is 0. The van der Waals surface area contributed by atoms with Gasteiger partial charge in [0.1, 0.15) is 6.10 Å². The molecule has 0 aliphatic carbocycles. The molecule has 0 radical (unpaired) electrons. The molecule has 0 aromatic heterocycles. The Morgan fingerprint density at radius 1 is 0.778 bits per heavy atom. The molecule has 0 saturated carbocycles. The van der Waals surface area contributed by atoms with E-state index in [4.69, 9.17) is 14.9 Å². The number of ether oxygens (including phenoxy) is 1. The summed E-state index contributed by atoms with van der Waals surface area (Å²) >= 11 is 0. The maximum atomic E-state index is 11.3. The van der Waals surface area contributed by atoms with Gasteiger partial charge in [0.25, 0.3) is 0 Å². The summed E-state index contributed by atoms with van der Waals surface area (Å²) in [4.78, 5) is 11.3. The van der Waals surface area contributed by atoms with E-state index < -0.39 is 12.1 Å². The average molecular weight is 379 g/mol. The maximum Gasteiger partial charge on any atom is 0.331 e. The van der Waals surface area contributed by atoms with Crippen LogP contribution >= 0.6 is 0 Å². The summed E-state index contributed by atoms with van der Waals surface area (Å²) in [5.74, 6) is -0.586. The number of carbonyl (C=O) groups is 1. The number of aliphatic hydroxyl groups excluding tert-OH is 2. The normalized spacial score (nSPS) is 12.4. The molecule has 154 valence electrons. The molecule has 4 heteroatoms. The standard InChI is InChI=1S/C23H38O4/c1-2-3-4-5-6-7-8-9-10-11-12-13-14-15-16-17-18-19-23(26)27-22(20-24)21-25/h12-19,22,24-25H,2-11,20-21H2,1H3/b13-12+,15-14+,17-16+,19-18+. The van der Waals surface area contributed by atoms with Crippen molar-refractivity contribution in [3.05, 3.63) is 48.6 Å². The second-order valence-corrected chi connectivity index (χ2v) is 6.60. The fourth-order valence-electron chi connectivity index (χ4n) is 2.47. The molecule has 0 unspecified atom stereocenters. The molecule has 27 heavy (non-hydrogen) atoms. The molecule has 0 atom stereocenters. The van der Waals surface area contributed by atoms with Crippen molar-refractivity contribution in [2.24, 2.45) is 0 Å². The molecule has 0 saturated heterocycles. The van der Waals surface area contributed by atoms with E-state index in [-0.39, 0.29) is 13.2 Å². The van der Waals surface area contributed by atoms with Crippen molar-refractivity contribution in [2.75, 3.05) is 13.2 Å². The first-order chi connectivity index (χ1) is 13.2. The zero-order valence-electron chi connectivity index (χ0n) is 16.9. The first kappa shape index (κ1) is 25.4. The van der Waals surface area contributed by atoms with Gasteiger partial charge in [0.05, 0.1) is 13.2 Å². The molecular formula is C23H38O4. The van der Waals surface area contributed by atoms with Crippen LogP contribution in [0.1, 0.15) is 71.1 Å². The largest absolute Gasteiger partial charge is 0.454 e. The number of allylic oxidation sites excluding steroid dienone is 7. The van der Waals surface area contributed by atoms with Crippen LogP contribution in [0.4, 0.5) is 0 Å². The molecule has 0 aliphatic heterocycles. The summed E-state index contributed by atoms with van der Waals surface area (Å²) in [6.45, 7) is 1.48. The lowest BCUT2D eigenvalue weighted by Crippen LogP contribution is -2.24. The van der Waals surface area contributed by atoms with Crippen molar-refractivity contribution in [3.8, 4) is 0 Å². The van der Waals surface area contributed by atoms with Crippen LogP contribution in [0.25, 0.3) is 0 Å². The minimum absolute atomic E-state index is 0.389. The van der Waals surface area contributed by atoms with Crippen LogP contribution < -0.4 is 0 Å². The molecule has 0 bridgehead atoms. The van der Waals surface area contributed by atoms with Gasteiger partial charge in [0, 0.05) is 6.08 Å². The number of hydrogen-bond donors (Lipinski definition) is 2. The highest BCUT2D eigenvalue weighted by molar-refractivity contribution is 5.82. The fourth-order valence-corrected chi connectivity index (χ4v) is 2.47. The SMILES string of the molecule is CCCCCCCCCCC/C=C/C=C/C=C/C=C/C(=O)OC(CO)CO. The Hall–Kier alpha value is -1.65. The molecular weight excluding hydrogens is 340 g/mol. The lowest BCUT2D eigenvalue weighted by atomic mass is 10.1. The highest BCUT2D eigenvalue weighted by Gasteiger charge is 2.08. The fraction of sp³-hybridized carbons (Fsp3) is 0.609. The highest BCUT2D eigenvalue weighted by atomic mass is 16.6. The molecule has 0 aromatic carbocycles. The number of unbranched alkanes of at least 4 members (excludes halogenated alkanes) is 9. The summed E-state index contributed by atoms with van der Waals surface area (Å²) in [5, 5.41) is 17.6. The van der Waals surface area contributed by atoms with Crippen molar-refractivity contribution in [3.63, 3.8) is 0 Å². The summed E-state index contributed by atoms with van der Waals surface area (Å²) in [5.41, 5.74) is 0. The van der Waals surface area contributed by atoms with Gasteiger partial charge < -0.3 is 14.9 Å². The van der Waals surface area contributed by atoms with Gasteiger partial charge in [-0.25, -0.2) is 4.79 Å². The highest BCUT2D eigenvalue weighted by Crippen LogP contribution is 2.10. The molecule has 2 N–H and O–H groups in total. The molecule has 0 aromatic rings.